The van der Waals surface area contributed by atoms with Crippen LogP contribution in [0.15, 0.2) is 18.2 Å². The van der Waals surface area contributed by atoms with Gasteiger partial charge in [0.1, 0.15) is 35.7 Å². The van der Waals surface area contributed by atoms with E-state index in [1.165, 1.54) is 37.6 Å². The van der Waals surface area contributed by atoms with Crippen molar-refractivity contribution >= 4 is 64.6 Å². The number of hydrogen-bond donors (Lipinski definition) is 5. The maximum Gasteiger partial charge on any atom is 0.426 e. The second-order valence-electron chi connectivity index (χ2n) is 17.1. The first-order valence-electron chi connectivity index (χ1n) is 21.7. The van der Waals surface area contributed by atoms with Crippen LogP contribution in [0.3, 0.4) is 0 Å². The van der Waals surface area contributed by atoms with Gasteiger partial charge < -0.3 is 41.1 Å². The summed E-state index contributed by atoms with van der Waals surface area (Å²) in [5.74, 6) is -5.69. The molecule has 6 atom stereocenters. The van der Waals surface area contributed by atoms with Gasteiger partial charge in [-0.2, -0.15) is 13.2 Å². The van der Waals surface area contributed by atoms with E-state index in [4.69, 9.17) is 27.9 Å². The van der Waals surface area contributed by atoms with E-state index in [0.29, 0.717) is 29.8 Å². The summed E-state index contributed by atoms with van der Waals surface area (Å²) in [5, 5.41) is 13.8. The lowest BCUT2D eigenvalue weighted by atomic mass is 9.91. The Hall–Kier alpha value is -4.16. The van der Waals surface area contributed by atoms with E-state index in [2.05, 4.69) is 26.6 Å². The van der Waals surface area contributed by atoms with Crippen molar-refractivity contribution in [2.75, 3.05) is 26.7 Å². The number of carbonyl (C=O) groups excluding carboxylic acids is 7. The van der Waals surface area contributed by atoms with Crippen molar-refractivity contribution in [3.8, 4) is 0 Å². The molecule has 2 aliphatic heterocycles. The largest absolute Gasteiger partial charge is 0.426 e. The third kappa shape index (κ3) is 13.7. The Bertz CT molecular complexity index is 1810. The molecule has 0 radical (unpaired) electrons. The first kappa shape index (κ1) is 53.2. The van der Waals surface area contributed by atoms with Crippen molar-refractivity contribution < 1.29 is 51.5 Å². The highest BCUT2D eigenvalue weighted by atomic mass is 35.5. The van der Waals surface area contributed by atoms with Crippen LogP contribution in [0.4, 0.5) is 13.2 Å². The number of likely N-dealkylation sites (N-methyl/N-ethyl adjacent to an activating group) is 2. The van der Waals surface area contributed by atoms with Gasteiger partial charge in [0.25, 0.3) is 5.91 Å². The van der Waals surface area contributed by atoms with E-state index < -0.39 is 95.3 Å². The minimum absolute atomic E-state index is 0.0105. The summed E-state index contributed by atoms with van der Waals surface area (Å²) in [7, 11) is 1.41. The topological polar surface area (TPSA) is 195 Å². The Morgan fingerprint density at radius 1 is 0.968 bits per heavy atom. The third-order valence-corrected chi connectivity index (χ3v) is 12.1. The van der Waals surface area contributed by atoms with Crippen molar-refractivity contribution in [3.05, 3.63) is 33.8 Å². The van der Waals surface area contributed by atoms with Gasteiger partial charge in [0.2, 0.25) is 41.0 Å². The zero-order valence-corrected chi connectivity index (χ0v) is 39.0. The van der Waals surface area contributed by atoms with Crippen LogP contribution >= 0.6 is 23.2 Å². The fourth-order valence-electron chi connectivity index (χ4n) is 7.73. The fraction of sp³-hybridized carbons (Fsp3) is 0.698. The summed E-state index contributed by atoms with van der Waals surface area (Å²) in [6.07, 6.45) is -4.53. The molecule has 3 rings (SSSR count). The predicted molar refractivity (Wildman–Crippen MR) is 231 cm³/mol. The van der Waals surface area contributed by atoms with Crippen molar-refractivity contribution in [1.82, 2.24) is 36.4 Å². The smallest absolute Gasteiger partial charge is 0.357 e. The second-order valence-corrected chi connectivity index (χ2v) is 18.0. The van der Waals surface area contributed by atoms with Crippen molar-refractivity contribution in [3.63, 3.8) is 0 Å². The number of carbonyl (C=O) groups is 7. The van der Waals surface area contributed by atoms with Gasteiger partial charge in [-0.25, -0.2) is 0 Å². The monoisotopic (exact) mass is 933 g/mol. The van der Waals surface area contributed by atoms with Crippen molar-refractivity contribution in [2.24, 2.45) is 5.92 Å². The van der Waals surface area contributed by atoms with E-state index in [9.17, 15) is 46.7 Å². The quantitative estimate of drug-likeness (QED) is 0.189. The molecule has 1 aromatic carbocycles. The minimum atomic E-state index is -5.04. The van der Waals surface area contributed by atoms with Gasteiger partial charge in [-0.1, -0.05) is 50.9 Å². The lowest BCUT2D eigenvalue weighted by Crippen LogP contribution is -2.64. The molecule has 0 aromatic heterocycles. The van der Waals surface area contributed by atoms with Crippen LogP contribution in [0.25, 0.3) is 0 Å². The van der Waals surface area contributed by atoms with Crippen LogP contribution in [-0.2, 0) is 44.7 Å². The molecular weight excluding hydrogens is 870 g/mol. The molecule has 7 amide bonds. The molecule has 20 heteroatoms. The summed E-state index contributed by atoms with van der Waals surface area (Å²) >= 11 is 12.8. The molecule has 0 aliphatic carbocycles. The van der Waals surface area contributed by atoms with E-state index >= 15 is 0 Å². The Kier molecular flexibility index (Phi) is 19.5. The molecule has 2 fully saturated rings. The number of nitrogens with one attached hydrogen (secondary N) is 5. The molecular formula is C43H64Cl2F3N7O8. The van der Waals surface area contributed by atoms with Gasteiger partial charge >= 0.3 is 6.18 Å². The summed E-state index contributed by atoms with van der Waals surface area (Å²) < 4.78 is 47.6. The summed E-state index contributed by atoms with van der Waals surface area (Å²) in [6, 6.07) is -1.62. The SMILES string of the molecule is CC[C@H](NC(=O)C1(C(F)(F)F)CCCCO1)C(=O)N[C@@H](CC)C(=O)N(CC)[C@H]1CCCCNC(=O)C(C)(C)NC(=O)[C@H](Cc2cc(Cl)ccc2Cl)N(C)C(=O)[C@H](CC(C)C)NC1=O. The molecule has 2 heterocycles. The predicted octanol–water partition coefficient (Wildman–Crippen LogP) is 4.60. The molecule has 354 valence electrons. The number of ether oxygens (including phenoxy) is 1. The normalized spacial score (nSPS) is 24.1. The van der Waals surface area contributed by atoms with E-state index in [0.717, 1.165) is 0 Å². The lowest BCUT2D eigenvalue weighted by Gasteiger charge is -2.38. The number of amides is 7. The van der Waals surface area contributed by atoms with Crippen LogP contribution in [0.2, 0.25) is 10.0 Å². The summed E-state index contributed by atoms with van der Waals surface area (Å²) in [4.78, 5) is 100. The maximum absolute atomic E-state index is 14.5. The van der Waals surface area contributed by atoms with Crippen LogP contribution in [-0.4, -0.2) is 125 Å². The molecule has 15 nitrogen and oxygen atoms in total. The second kappa shape index (κ2) is 23.2. The molecule has 0 spiro atoms. The number of benzene rings is 1. The molecule has 63 heavy (non-hydrogen) atoms. The molecule has 2 saturated heterocycles. The average molecular weight is 935 g/mol. The standard InChI is InChI=1S/C43H64Cl2F3N7O8/c1-9-29(52-40(62)42(43(46,47)48)19-13-15-21-63-42)34(56)50-30(10-2)38(60)55(11-3)32-16-12-14-20-49-39(61)41(6,7)53-36(58)33(24-26-23-27(44)17-18-28(26)45)54(8)37(59)31(22-25(4)5)51-35(32)57/h17-18,23,25,29-33H,9-16,19-22,24H2,1-8H3,(H,49,61)(H,50,56)(H,51,57)(H,52,62)(H,53,58)/t29-,30-,31-,32-,33-,42?/m0/s1. The highest BCUT2D eigenvalue weighted by Crippen LogP contribution is 2.40. The number of halogens is 5. The molecule has 1 aromatic rings. The number of nitrogens with zero attached hydrogens (tertiary/aromatic N) is 2. The van der Waals surface area contributed by atoms with Crippen LogP contribution in [0.1, 0.15) is 112 Å². The number of rotatable bonds is 13. The van der Waals surface area contributed by atoms with Crippen LogP contribution < -0.4 is 26.6 Å². The molecule has 0 bridgehead atoms. The molecule has 2 aliphatic rings. The molecule has 0 saturated carbocycles. The molecule has 5 N–H and O–H groups in total. The first-order valence-corrected chi connectivity index (χ1v) is 22.4. The van der Waals surface area contributed by atoms with E-state index in [1.807, 2.05) is 13.8 Å². The summed E-state index contributed by atoms with van der Waals surface area (Å²) in [5.41, 5.74) is -4.08. The molecule has 1 unspecified atom stereocenters. The van der Waals surface area contributed by atoms with Gasteiger partial charge in [0.15, 0.2) is 0 Å². The average Bonchev–Trinajstić information content (AvgIpc) is 3.22. The fourth-order valence-corrected chi connectivity index (χ4v) is 8.12. The van der Waals surface area contributed by atoms with E-state index in [1.54, 1.807) is 32.0 Å². The lowest BCUT2D eigenvalue weighted by molar-refractivity contribution is -0.277. The third-order valence-electron chi connectivity index (χ3n) is 11.5. The Balaban J connectivity index is 1.98. The van der Waals surface area contributed by atoms with Crippen molar-refractivity contribution in [1.29, 1.82) is 0 Å². The van der Waals surface area contributed by atoms with Crippen LogP contribution in [0, 0.1) is 5.92 Å². The van der Waals surface area contributed by atoms with E-state index in [-0.39, 0.29) is 69.2 Å². The van der Waals surface area contributed by atoms with Crippen molar-refractivity contribution in [2.45, 2.75) is 160 Å². The summed E-state index contributed by atoms with van der Waals surface area (Å²) in [6.45, 7) is 11.3. The zero-order valence-electron chi connectivity index (χ0n) is 37.4. The van der Waals surface area contributed by atoms with Gasteiger partial charge in [-0.3, -0.25) is 33.6 Å². The maximum atomic E-state index is 14.5. The number of hydrogen-bond acceptors (Lipinski definition) is 8. The number of alkyl halides is 3. The van der Waals surface area contributed by atoms with Gasteiger partial charge in [-0.05, 0) is 108 Å². The zero-order chi connectivity index (χ0) is 47.4. The highest BCUT2D eigenvalue weighted by Gasteiger charge is 2.62. The minimum Gasteiger partial charge on any atom is -0.357 e. The van der Waals surface area contributed by atoms with Crippen LogP contribution in [0.5, 0.6) is 0 Å². The Morgan fingerprint density at radius 3 is 2.21 bits per heavy atom. The first-order chi connectivity index (χ1) is 29.4. The van der Waals surface area contributed by atoms with Gasteiger partial charge in [0.05, 0.1) is 0 Å². The van der Waals surface area contributed by atoms with Gasteiger partial charge in [-0.15, -0.1) is 0 Å². The highest BCUT2D eigenvalue weighted by molar-refractivity contribution is 6.33. The Labute approximate surface area is 378 Å². The van der Waals surface area contributed by atoms with Gasteiger partial charge in [0, 0.05) is 43.2 Å². The Morgan fingerprint density at radius 2 is 1.63 bits per heavy atom.